The van der Waals surface area contributed by atoms with Crippen LogP contribution in [0.1, 0.15) is 17.3 Å². The number of amides is 1. The summed E-state index contributed by atoms with van der Waals surface area (Å²) in [6.07, 6.45) is -1.36. The summed E-state index contributed by atoms with van der Waals surface area (Å²) in [6.45, 7) is 1.23. The van der Waals surface area contributed by atoms with Gasteiger partial charge in [0.2, 0.25) is 15.8 Å². The second-order valence-corrected chi connectivity index (χ2v) is 8.92. The van der Waals surface area contributed by atoms with Crippen LogP contribution in [0.4, 0.5) is 15.8 Å². The molecule has 10 nitrogen and oxygen atoms in total. The standard InChI is InChI=1S/C18H17ClFN3O7S/c1-10(17(24)21-12-5-7-14(20)15(9-12)23(26)27)30-18(25)11-4-6-13(19)16(8-11)31(28,29)22(2)3/h4-10H,1-3H3,(H,21,24). The number of nitrogens with one attached hydrogen (secondary N) is 1. The van der Waals surface area contributed by atoms with E-state index in [1.807, 2.05) is 0 Å². The Kier molecular flexibility index (Phi) is 7.31. The third kappa shape index (κ3) is 5.54. The maximum Gasteiger partial charge on any atom is 0.338 e. The van der Waals surface area contributed by atoms with E-state index in [0.717, 1.165) is 28.6 Å². The number of carbonyl (C=O) groups excluding carboxylic acids is 2. The first kappa shape index (κ1) is 24.2. The zero-order valence-electron chi connectivity index (χ0n) is 16.5. The Bertz CT molecular complexity index is 1150. The average Bonchev–Trinajstić information content (AvgIpc) is 2.68. The lowest BCUT2D eigenvalue weighted by atomic mass is 10.2. The first-order valence-electron chi connectivity index (χ1n) is 8.52. The quantitative estimate of drug-likeness (QED) is 0.371. The van der Waals surface area contributed by atoms with Crippen LogP contribution in [0.5, 0.6) is 0 Å². The molecule has 2 rings (SSSR count). The minimum atomic E-state index is -3.94. The van der Waals surface area contributed by atoms with Crippen molar-refractivity contribution >= 4 is 44.9 Å². The second-order valence-electron chi connectivity index (χ2n) is 6.39. The van der Waals surface area contributed by atoms with E-state index in [-0.39, 0.29) is 21.2 Å². The predicted molar refractivity (Wildman–Crippen MR) is 109 cm³/mol. The number of carbonyl (C=O) groups is 2. The Morgan fingerprint density at radius 2 is 1.87 bits per heavy atom. The first-order chi connectivity index (χ1) is 14.3. The van der Waals surface area contributed by atoms with Gasteiger partial charge in [-0.05, 0) is 37.3 Å². The van der Waals surface area contributed by atoms with E-state index >= 15 is 0 Å². The molecule has 1 N–H and O–H groups in total. The van der Waals surface area contributed by atoms with Gasteiger partial charge in [0.1, 0.15) is 4.90 Å². The molecule has 2 aromatic carbocycles. The van der Waals surface area contributed by atoms with Gasteiger partial charge in [-0.25, -0.2) is 17.5 Å². The normalized spacial score (nSPS) is 12.3. The molecule has 0 radical (unpaired) electrons. The largest absolute Gasteiger partial charge is 0.449 e. The summed E-state index contributed by atoms with van der Waals surface area (Å²) >= 11 is 5.93. The SMILES string of the molecule is CC(OC(=O)c1ccc(Cl)c(S(=O)(=O)N(C)C)c1)C(=O)Nc1ccc(F)c([N+](=O)[O-])c1. The number of halogens is 2. The number of rotatable bonds is 7. The number of esters is 1. The lowest BCUT2D eigenvalue weighted by molar-refractivity contribution is -0.387. The maximum atomic E-state index is 13.4. The lowest BCUT2D eigenvalue weighted by Gasteiger charge is -2.15. The molecular formula is C18H17ClFN3O7S. The molecule has 1 unspecified atom stereocenters. The van der Waals surface area contributed by atoms with E-state index in [4.69, 9.17) is 16.3 Å². The van der Waals surface area contributed by atoms with E-state index in [0.29, 0.717) is 0 Å². The van der Waals surface area contributed by atoms with Crippen LogP contribution in [-0.4, -0.2) is 49.7 Å². The summed E-state index contributed by atoms with van der Waals surface area (Å²) < 4.78 is 44.0. The monoisotopic (exact) mass is 473 g/mol. The Hall–Kier alpha value is -3.09. The number of ether oxygens (including phenoxy) is 1. The van der Waals surface area contributed by atoms with Crippen molar-refractivity contribution in [2.24, 2.45) is 0 Å². The van der Waals surface area contributed by atoms with Crippen molar-refractivity contribution in [3.63, 3.8) is 0 Å². The first-order valence-corrected chi connectivity index (χ1v) is 10.3. The smallest absolute Gasteiger partial charge is 0.338 e. The molecule has 0 aliphatic heterocycles. The summed E-state index contributed by atoms with van der Waals surface area (Å²) in [7, 11) is -1.35. The molecule has 0 fully saturated rings. The highest BCUT2D eigenvalue weighted by Crippen LogP contribution is 2.25. The van der Waals surface area contributed by atoms with Gasteiger partial charge in [0.15, 0.2) is 6.10 Å². The molecule has 0 aliphatic carbocycles. The van der Waals surface area contributed by atoms with Crippen molar-refractivity contribution < 1.29 is 32.1 Å². The Morgan fingerprint density at radius 1 is 1.23 bits per heavy atom. The van der Waals surface area contributed by atoms with Crippen LogP contribution in [0.2, 0.25) is 5.02 Å². The highest BCUT2D eigenvalue weighted by atomic mass is 35.5. The Labute approximate surface area is 181 Å². The molecular weight excluding hydrogens is 457 g/mol. The van der Waals surface area contributed by atoms with Crippen LogP contribution < -0.4 is 5.32 Å². The molecule has 1 amide bonds. The van der Waals surface area contributed by atoms with Crippen molar-refractivity contribution in [2.45, 2.75) is 17.9 Å². The maximum absolute atomic E-state index is 13.4. The number of benzene rings is 2. The van der Waals surface area contributed by atoms with E-state index in [9.17, 15) is 32.5 Å². The minimum Gasteiger partial charge on any atom is -0.449 e. The van der Waals surface area contributed by atoms with Gasteiger partial charge in [-0.2, -0.15) is 4.39 Å². The third-order valence-corrected chi connectivity index (χ3v) is 6.29. The second kappa shape index (κ2) is 9.37. The van der Waals surface area contributed by atoms with Crippen LogP contribution in [-0.2, 0) is 19.6 Å². The molecule has 0 spiro atoms. The molecule has 0 saturated heterocycles. The van der Waals surface area contributed by atoms with E-state index in [2.05, 4.69) is 5.32 Å². The highest BCUT2D eigenvalue weighted by Gasteiger charge is 2.25. The average molecular weight is 474 g/mol. The van der Waals surface area contributed by atoms with Crippen molar-refractivity contribution in [3.8, 4) is 0 Å². The summed E-state index contributed by atoms with van der Waals surface area (Å²) in [5.74, 6) is -2.92. The van der Waals surface area contributed by atoms with Gasteiger partial charge in [0, 0.05) is 25.8 Å². The van der Waals surface area contributed by atoms with Gasteiger partial charge >= 0.3 is 11.7 Å². The fraction of sp³-hybridized carbons (Fsp3) is 0.222. The van der Waals surface area contributed by atoms with Crippen molar-refractivity contribution in [1.29, 1.82) is 0 Å². The molecule has 0 aliphatic rings. The van der Waals surface area contributed by atoms with Gasteiger partial charge in [-0.1, -0.05) is 11.6 Å². The van der Waals surface area contributed by atoms with Crippen LogP contribution in [0.3, 0.4) is 0 Å². The van der Waals surface area contributed by atoms with E-state index < -0.39 is 44.4 Å². The number of hydrogen-bond acceptors (Lipinski definition) is 7. The van der Waals surface area contributed by atoms with Crippen molar-refractivity contribution in [1.82, 2.24) is 4.31 Å². The molecule has 0 bridgehead atoms. The van der Waals surface area contributed by atoms with Gasteiger partial charge < -0.3 is 10.1 Å². The van der Waals surface area contributed by atoms with Crippen LogP contribution in [0, 0.1) is 15.9 Å². The van der Waals surface area contributed by atoms with Crippen LogP contribution in [0.25, 0.3) is 0 Å². The van der Waals surface area contributed by atoms with Crippen molar-refractivity contribution in [3.05, 3.63) is 62.9 Å². The number of nitro benzene ring substituents is 1. The fourth-order valence-corrected chi connectivity index (χ4v) is 3.67. The molecule has 0 heterocycles. The van der Waals surface area contributed by atoms with Gasteiger partial charge in [-0.3, -0.25) is 14.9 Å². The number of sulfonamides is 1. The topological polar surface area (TPSA) is 136 Å². The van der Waals surface area contributed by atoms with Gasteiger partial charge in [0.05, 0.1) is 15.5 Å². The van der Waals surface area contributed by atoms with Crippen molar-refractivity contribution in [2.75, 3.05) is 19.4 Å². The Morgan fingerprint density at radius 3 is 2.45 bits per heavy atom. The number of anilines is 1. The van der Waals surface area contributed by atoms with Gasteiger partial charge in [0.25, 0.3) is 5.91 Å². The molecule has 0 aromatic heterocycles. The molecule has 31 heavy (non-hydrogen) atoms. The van der Waals surface area contributed by atoms with E-state index in [1.54, 1.807) is 0 Å². The fourth-order valence-electron chi connectivity index (χ4n) is 2.28. The molecule has 166 valence electrons. The molecule has 2 aromatic rings. The Balaban J connectivity index is 2.16. The van der Waals surface area contributed by atoms with E-state index in [1.165, 1.54) is 33.2 Å². The predicted octanol–water partition coefficient (Wildman–Crippen LogP) is 2.82. The molecule has 1 atom stereocenters. The summed E-state index contributed by atoms with van der Waals surface area (Å²) in [6, 6.07) is 6.19. The lowest BCUT2D eigenvalue weighted by Crippen LogP contribution is -2.30. The zero-order chi connectivity index (χ0) is 23.5. The van der Waals surface area contributed by atoms with Gasteiger partial charge in [-0.15, -0.1) is 0 Å². The third-order valence-electron chi connectivity index (χ3n) is 3.99. The summed E-state index contributed by atoms with van der Waals surface area (Å²) in [5.41, 5.74) is -1.08. The number of nitro groups is 1. The number of nitrogens with zero attached hydrogens (tertiary/aromatic N) is 2. The highest BCUT2D eigenvalue weighted by molar-refractivity contribution is 7.89. The molecule has 13 heteroatoms. The summed E-state index contributed by atoms with van der Waals surface area (Å²) in [4.78, 5) is 34.1. The minimum absolute atomic E-state index is 0.0770. The van der Waals surface area contributed by atoms with Crippen LogP contribution in [0.15, 0.2) is 41.3 Å². The molecule has 0 saturated carbocycles. The summed E-state index contributed by atoms with van der Waals surface area (Å²) in [5, 5.41) is 13.0. The number of hydrogen-bond donors (Lipinski definition) is 1. The van der Waals surface area contributed by atoms with Crippen LogP contribution >= 0.6 is 11.6 Å². The zero-order valence-corrected chi connectivity index (χ0v) is 18.0.